The van der Waals surface area contributed by atoms with E-state index < -0.39 is 50.7 Å². The van der Waals surface area contributed by atoms with Crippen molar-refractivity contribution < 1.29 is 9.47 Å². The molecule has 2 aliphatic heterocycles. The Morgan fingerprint density at radius 2 is 0.698 bits per heavy atom. The van der Waals surface area contributed by atoms with Gasteiger partial charge in [0.2, 0.25) is 0 Å². The molecular weight excluding hydrogens is 877 g/mol. The molecule has 0 radical (unpaired) electrons. The number of ether oxygens (including phenoxy) is 2. The van der Waals surface area contributed by atoms with Gasteiger partial charge in [0.1, 0.15) is 11.5 Å². The van der Waals surface area contributed by atoms with E-state index in [1.807, 2.05) is 19.4 Å². The molecule has 0 spiro atoms. The maximum Gasteiger partial charge on any atom is 0.118 e. The van der Waals surface area contributed by atoms with Crippen LogP contribution in [-0.4, -0.2) is 64.9 Å². The van der Waals surface area contributed by atoms with Crippen molar-refractivity contribution in [3.8, 4) is 11.5 Å². The first-order valence-electron chi connectivity index (χ1n) is 24.8. The lowest BCUT2D eigenvalue weighted by Crippen LogP contribution is -3.07. The summed E-state index contributed by atoms with van der Waals surface area (Å²) in [5, 5.41) is 3.40. The maximum atomic E-state index is 6.02. The van der Waals surface area contributed by atoms with Crippen molar-refractivity contribution in [2.75, 3.05) is 14.2 Å². The number of methoxy groups -OCH3 is 2. The molecule has 2 aromatic carbocycles. The van der Waals surface area contributed by atoms with E-state index in [9.17, 15) is 0 Å². The van der Waals surface area contributed by atoms with Gasteiger partial charge in [0.25, 0.3) is 0 Å². The van der Waals surface area contributed by atoms with Crippen molar-refractivity contribution in [3.63, 3.8) is 0 Å². The molecule has 3 atom stereocenters. The van der Waals surface area contributed by atoms with Gasteiger partial charge in [-0.05, 0) is 81.2 Å². The number of hydrogen-bond acceptors (Lipinski definition) is 2. The fraction of sp³-hybridized carbons (Fsp3) is 0.741. The molecule has 63 heavy (non-hydrogen) atoms. The van der Waals surface area contributed by atoms with Crippen molar-refractivity contribution in [1.29, 1.82) is 0 Å². The largest absolute Gasteiger partial charge is 0.497 e. The van der Waals surface area contributed by atoms with Gasteiger partial charge in [0, 0.05) is 6.63 Å². The minimum absolute atomic E-state index is 0.163. The molecule has 2 heterocycles. The van der Waals surface area contributed by atoms with Gasteiger partial charge in [0.05, 0.1) is 58.3 Å². The third-order valence-corrected chi connectivity index (χ3v) is 182. The number of rotatable bonds is 8. The Bertz CT molecular complexity index is 1920. The molecule has 0 N–H and O–H groups in total. The molecule has 1 unspecified atom stereocenters. The molecule has 9 heteroatoms. The smallest absolute Gasteiger partial charge is 0.118 e. The molecular formula is C54H102O2Si7. The Kier molecular flexibility index (Phi) is 13.6. The zero-order chi connectivity index (χ0) is 49.4. The van der Waals surface area contributed by atoms with E-state index >= 15 is 0 Å². The average molecular weight is 980 g/mol. The molecule has 0 aromatic heterocycles. The van der Waals surface area contributed by atoms with Crippen molar-refractivity contribution in [1.82, 2.24) is 0 Å². The summed E-state index contributed by atoms with van der Waals surface area (Å²) in [5.74, 6) is 1.97. The molecule has 2 aromatic rings. The summed E-state index contributed by atoms with van der Waals surface area (Å²) in [6, 6.07) is 21.3. The van der Waals surface area contributed by atoms with Gasteiger partial charge in [0.15, 0.2) is 0 Å². The van der Waals surface area contributed by atoms with E-state index in [1.54, 1.807) is 11.1 Å². The summed E-state index contributed by atoms with van der Waals surface area (Å²) >= 11 is 0. The second-order valence-electron chi connectivity index (χ2n) is 29.8. The molecule has 2 aliphatic rings. The van der Waals surface area contributed by atoms with E-state index in [0.29, 0.717) is 5.54 Å². The first-order chi connectivity index (χ1) is 27.8. The fourth-order valence-electron chi connectivity index (χ4n) is 17.5. The van der Waals surface area contributed by atoms with Crippen molar-refractivity contribution in [2.24, 2.45) is 0 Å². The quantitative estimate of drug-likeness (QED) is 0.245. The summed E-state index contributed by atoms with van der Waals surface area (Å²) in [7, 11) is -8.87. The van der Waals surface area contributed by atoms with Gasteiger partial charge in [-0.15, -0.1) is 0 Å². The lowest BCUT2D eigenvalue weighted by molar-refractivity contribution is 0.414. The van der Waals surface area contributed by atoms with Crippen LogP contribution in [0, 0.1) is 0 Å². The van der Waals surface area contributed by atoms with Gasteiger partial charge in [-0.25, -0.2) is 0 Å². The molecule has 0 saturated carbocycles. The standard InChI is InChI=1S/C54H102O2Si7/c1-47(2,3)57(27,48(4,5)6)61-39-46(42-33-37-44(56-26)38-34-42)63(61,60(30,53(19,20)21)54(22,23)24)62(58(28,49(7,8)9)50(10,11)12,59(29,51(13,14)15)52(16,17)18)40-45(61)41-31-35-43(55-25)36-32-41/h31-39,45H,40H2,1-30H3/t45?,61-,63+/m0/s1. The molecule has 4 rings (SSSR count). The van der Waals surface area contributed by atoms with Gasteiger partial charge in [-0.3, -0.25) is 0 Å². The van der Waals surface area contributed by atoms with Crippen LogP contribution in [0.5, 0.6) is 11.5 Å². The highest BCUT2D eigenvalue weighted by Crippen LogP contribution is 2.83. The van der Waals surface area contributed by atoms with E-state index in [-0.39, 0.29) is 40.3 Å². The topological polar surface area (TPSA) is 18.5 Å². The Hall–Kier alpha value is -0.702. The Labute approximate surface area is 398 Å². The van der Waals surface area contributed by atoms with Crippen LogP contribution in [0.4, 0.5) is 0 Å². The predicted molar refractivity (Wildman–Crippen MR) is 303 cm³/mol. The highest BCUT2D eigenvalue weighted by Gasteiger charge is 2.98. The van der Waals surface area contributed by atoms with E-state index in [2.05, 4.69) is 247 Å². The average Bonchev–Trinajstić information content (AvgIpc) is 3.29. The maximum absolute atomic E-state index is 6.02. The van der Waals surface area contributed by atoms with Crippen molar-refractivity contribution in [3.05, 3.63) is 65.4 Å². The van der Waals surface area contributed by atoms with Crippen LogP contribution >= 0.6 is 0 Å². The van der Waals surface area contributed by atoms with Gasteiger partial charge >= 0.3 is 0 Å². The van der Waals surface area contributed by atoms with Crippen LogP contribution in [0.1, 0.15) is 183 Å². The van der Waals surface area contributed by atoms with E-state index in [1.165, 1.54) is 6.04 Å². The Morgan fingerprint density at radius 3 is 0.968 bits per heavy atom. The normalized spacial score (nSPS) is 23.5. The highest BCUT2D eigenvalue weighted by molar-refractivity contribution is 8.21. The monoisotopic (exact) mass is 979 g/mol. The molecule has 2 nitrogen and oxygen atoms in total. The van der Waals surface area contributed by atoms with E-state index in [4.69, 9.17) is 9.47 Å². The zero-order valence-corrected chi connectivity index (χ0v) is 54.3. The SMILES string of the molecule is COc1ccc(C2=C[Si@@]3([Si](C)(C(C)(C)C)C(C)(C)C)C(c4ccc(OC)cc4)C[Si]([Si](C)(C(C)(C)C)C(C)(C)C)([Si](C)(C(C)(C)C)C(C)(C)C)[Si@@]23[Si](C)(C(C)(C)C)C(C)(C)C)cc1. The fourth-order valence-corrected chi connectivity index (χ4v) is 314. The summed E-state index contributed by atoms with van der Waals surface area (Å²) in [6.45, 7) is 74.1. The zero-order valence-electron chi connectivity index (χ0n) is 47.3. The van der Waals surface area contributed by atoms with Gasteiger partial charge in [-0.2, -0.15) is 0 Å². The first-order valence-corrected chi connectivity index (χ1v) is 47.1. The molecule has 358 valence electrons. The lowest BCUT2D eigenvalue weighted by atomic mass is 10.1. The van der Waals surface area contributed by atoms with Crippen LogP contribution in [-0.2, 0) is 0 Å². The summed E-state index contributed by atoms with van der Waals surface area (Å²) in [6.07, 6.45) is 0. The van der Waals surface area contributed by atoms with Crippen LogP contribution < -0.4 is 9.47 Å². The summed E-state index contributed by atoms with van der Waals surface area (Å²) in [4.78, 5) is 0. The summed E-state index contributed by atoms with van der Waals surface area (Å²) in [5.41, 5.74) is 7.16. The molecule has 1 fully saturated rings. The van der Waals surface area contributed by atoms with Gasteiger partial charge < -0.3 is 9.47 Å². The summed E-state index contributed by atoms with van der Waals surface area (Å²) < 4.78 is 12.0. The second-order valence-corrected chi connectivity index (χ2v) is 99.7. The first kappa shape index (κ1) is 54.9. The Balaban J connectivity index is 2.87. The molecule has 0 amide bonds. The third kappa shape index (κ3) is 6.70. The Morgan fingerprint density at radius 1 is 0.413 bits per heavy atom. The van der Waals surface area contributed by atoms with Crippen LogP contribution in [0.2, 0.25) is 72.5 Å². The molecule has 1 saturated heterocycles. The highest BCUT2D eigenvalue weighted by atomic mass is 30.2. The van der Waals surface area contributed by atoms with Gasteiger partial charge in [-0.1, -0.05) is 234 Å². The van der Waals surface area contributed by atoms with Crippen LogP contribution in [0.25, 0.3) is 5.20 Å². The number of fused-ring (bicyclic) bond motifs is 1. The van der Waals surface area contributed by atoms with Crippen molar-refractivity contribution >= 4 is 55.9 Å². The van der Waals surface area contributed by atoms with Crippen LogP contribution in [0.15, 0.2) is 54.2 Å². The van der Waals surface area contributed by atoms with Crippen molar-refractivity contribution in [2.45, 2.75) is 244 Å². The second kappa shape index (κ2) is 15.7. The van der Waals surface area contributed by atoms with Crippen LogP contribution in [0.3, 0.4) is 0 Å². The predicted octanol–water partition coefficient (Wildman–Crippen LogP) is 18.0. The molecule has 0 bridgehead atoms. The lowest BCUT2D eigenvalue weighted by Gasteiger charge is -2.84. The van der Waals surface area contributed by atoms with E-state index in [0.717, 1.165) is 11.5 Å². The minimum atomic E-state index is -2.80. The molecule has 0 aliphatic carbocycles. The minimum Gasteiger partial charge on any atom is -0.497 e. The third-order valence-electron chi connectivity index (χ3n) is 21.3. The number of hydrogen-bond donors (Lipinski definition) is 0. The number of benzene rings is 2.